The van der Waals surface area contributed by atoms with Gasteiger partial charge in [0, 0.05) is 19.4 Å². The minimum atomic E-state index is -0.517. The van der Waals surface area contributed by atoms with Crippen molar-refractivity contribution in [3.05, 3.63) is 35.9 Å². The second-order valence-corrected chi connectivity index (χ2v) is 7.09. The molecule has 0 bridgehead atoms. The molecule has 0 spiro atoms. The number of carbonyl (C=O) groups excluding carboxylic acids is 2. The fourth-order valence-electron chi connectivity index (χ4n) is 3.11. The number of hydrogen-bond acceptors (Lipinski definition) is 3. The van der Waals surface area contributed by atoms with Crippen molar-refractivity contribution < 1.29 is 9.59 Å². The van der Waals surface area contributed by atoms with E-state index in [0.29, 0.717) is 37.6 Å². The van der Waals surface area contributed by atoms with Crippen LogP contribution in [0.4, 0.5) is 0 Å². The number of hydrogen-bond donors (Lipinski definition) is 1. The second kappa shape index (κ2) is 9.47. The minimum Gasteiger partial charge on any atom is -0.320 e. The molecule has 1 aliphatic heterocycles. The fourth-order valence-corrected chi connectivity index (χ4v) is 3.11. The number of amidine groups is 1. The van der Waals surface area contributed by atoms with Gasteiger partial charge in [-0.05, 0) is 37.2 Å². The summed E-state index contributed by atoms with van der Waals surface area (Å²) >= 11 is 0. The maximum Gasteiger partial charge on any atom is 0.247 e. The van der Waals surface area contributed by atoms with Crippen molar-refractivity contribution in [1.82, 2.24) is 4.90 Å². The molecule has 2 amide bonds. The summed E-state index contributed by atoms with van der Waals surface area (Å²) in [6.45, 7) is 4.70. The van der Waals surface area contributed by atoms with E-state index in [1.165, 1.54) is 5.56 Å². The molecule has 5 nitrogen and oxygen atoms in total. The van der Waals surface area contributed by atoms with Gasteiger partial charge in [-0.3, -0.25) is 14.5 Å². The highest BCUT2D eigenvalue weighted by Gasteiger charge is 2.29. The molecule has 0 radical (unpaired) electrons. The summed E-state index contributed by atoms with van der Waals surface area (Å²) in [5.41, 5.74) is 7.23. The van der Waals surface area contributed by atoms with Crippen LogP contribution >= 0.6 is 0 Å². The molecule has 1 aliphatic rings. The molecule has 2 rings (SSSR count). The van der Waals surface area contributed by atoms with Crippen LogP contribution in [-0.4, -0.2) is 35.1 Å². The summed E-state index contributed by atoms with van der Waals surface area (Å²) in [4.78, 5) is 30.4. The summed E-state index contributed by atoms with van der Waals surface area (Å²) in [7, 11) is 0. The van der Waals surface area contributed by atoms with Gasteiger partial charge in [0.15, 0.2) is 0 Å². The van der Waals surface area contributed by atoms with E-state index in [1.54, 1.807) is 4.90 Å². The molecule has 0 aliphatic carbocycles. The topological polar surface area (TPSA) is 75.8 Å². The van der Waals surface area contributed by atoms with Gasteiger partial charge in [-0.2, -0.15) is 4.99 Å². The Morgan fingerprint density at radius 1 is 1.24 bits per heavy atom. The first kappa shape index (κ1) is 19.3. The Balaban J connectivity index is 1.87. The molecule has 0 unspecified atom stereocenters. The maximum absolute atomic E-state index is 12.5. The van der Waals surface area contributed by atoms with Crippen molar-refractivity contribution >= 4 is 17.6 Å². The molecule has 2 N–H and O–H groups in total. The predicted molar refractivity (Wildman–Crippen MR) is 100 cm³/mol. The molecule has 0 aromatic heterocycles. The van der Waals surface area contributed by atoms with Crippen LogP contribution in [0.2, 0.25) is 0 Å². The van der Waals surface area contributed by atoms with Crippen LogP contribution in [0.15, 0.2) is 35.3 Å². The number of carbonyl (C=O) groups is 2. The summed E-state index contributed by atoms with van der Waals surface area (Å²) in [5, 5.41) is 0. The van der Waals surface area contributed by atoms with Crippen LogP contribution in [0, 0.1) is 5.92 Å². The number of nitrogens with zero attached hydrogens (tertiary/aromatic N) is 2. The number of likely N-dealkylation sites (tertiary alicyclic amines) is 1. The summed E-state index contributed by atoms with van der Waals surface area (Å²) < 4.78 is 0. The zero-order chi connectivity index (χ0) is 18.2. The first-order valence-electron chi connectivity index (χ1n) is 9.18. The summed E-state index contributed by atoms with van der Waals surface area (Å²) in [5.74, 6) is 0.695. The van der Waals surface area contributed by atoms with E-state index in [9.17, 15) is 9.59 Å². The van der Waals surface area contributed by atoms with E-state index in [-0.39, 0.29) is 11.8 Å². The molecule has 5 heteroatoms. The normalized spacial score (nSPS) is 17.3. The number of aliphatic imine (C=N–C) groups is 1. The monoisotopic (exact) mass is 343 g/mol. The van der Waals surface area contributed by atoms with Crippen LogP contribution < -0.4 is 5.73 Å². The molecular formula is C20H29N3O2. The lowest BCUT2D eigenvalue weighted by molar-refractivity contribution is -0.128. The highest BCUT2D eigenvalue weighted by molar-refractivity contribution is 6.05. The van der Waals surface area contributed by atoms with E-state index < -0.39 is 6.04 Å². The third kappa shape index (κ3) is 6.09. The predicted octanol–water partition coefficient (Wildman–Crippen LogP) is 2.93. The highest BCUT2D eigenvalue weighted by atomic mass is 16.2. The number of rotatable bonds is 7. The molecule has 0 saturated carbocycles. The van der Waals surface area contributed by atoms with Gasteiger partial charge in [0.05, 0.1) is 6.04 Å². The van der Waals surface area contributed by atoms with E-state index in [0.717, 1.165) is 19.3 Å². The average molecular weight is 343 g/mol. The Morgan fingerprint density at radius 3 is 2.64 bits per heavy atom. The standard InChI is InChI=1S/C20H29N3O2/c1-15(2)14-17(21)20(25)23-13-7-11-18(23)22-19(24)12-6-10-16-8-4-3-5-9-16/h3-5,8-9,15,17H,6-7,10-14,21H2,1-2H3/t17-/m0/s1. The lowest BCUT2D eigenvalue weighted by Gasteiger charge is -2.22. The van der Waals surface area contributed by atoms with Gasteiger partial charge in [-0.1, -0.05) is 44.2 Å². The van der Waals surface area contributed by atoms with Crippen molar-refractivity contribution in [2.75, 3.05) is 6.54 Å². The van der Waals surface area contributed by atoms with Gasteiger partial charge in [-0.15, -0.1) is 0 Å². The van der Waals surface area contributed by atoms with Gasteiger partial charge >= 0.3 is 0 Å². The van der Waals surface area contributed by atoms with Crippen molar-refractivity contribution in [1.29, 1.82) is 0 Å². The molecular weight excluding hydrogens is 314 g/mol. The van der Waals surface area contributed by atoms with E-state index in [1.807, 2.05) is 32.0 Å². The number of amides is 2. The van der Waals surface area contributed by atoms with Crippen LogP contribution in [0.5, 0.6) is 0 Å². The zero-order valence-electron chi connectivity index (χ0n) is 15.3. The largest absolute Gasteiger partial charge is 0.320 e. The number of benzene rings is 1. The molecule has 1 aromatic carbocycles. The van der Waals surface area contributed by atoms with Crippen molar-refractivity contribution in [3.63, 3.8) is 0 Å². The number of aryl methyl sites for hydroxylation is 1. The minimum absolute atomic E-state index is 0.109. The third-order valence-corrected chi connectivity index (χ3v) is 4.35. The Labute approximate surface area is 150 Å². The lowest BCUT2D eigenvalue weighted by atomic mass is 10.0. The van der Waals surface area contributed by atoms with Gasteiger partial charge < -0.3 is 5.73 Å². The Morgan fingerprint density at radius 2 is 1.96 bits per heavy atom. The Hall–Kier alpha value is -2.01. The second-order valence-electron chi connectivity index (χ2n) is 7.09. The molecule has 136 valence electrons. The van der Waals surface area contributed by atoms with Gasteiger partial charge in [-0.25, -0.2) is 0 Å². The van der Waals surface area contributed by atoms with E-state index in [2.05, 4.69) is 17.1 Å². The van der Waals surface area contributed by atoms with E-state index in [4.69, 9.17) is 5.73 Å². The number of nitrogens with two attached hydrogens (primary N) is 1. The first-order chi connectivity index (χ1) is 12.0. The fraction of sp³-hybridized carbons (Fsp3) is 0.550. The van der Waals surface area contributed by atoms with Gasteiger partial charge in [0.2, 0.25) is 11.8 Å². The Bertz CT molecular complexity index is 611. The SMILES string of the molecule is CC(C)C[C@H](N)C(=O)N1CCCC1=NC(=O)CCCc1ccccc1. The Kier molecular flexibility index (Phi) is 7.31. The summed E-state index contributed by atoms with van der Waals surface area (Å²) in [6, 6.07) is 9.58. The first-order valence-corrected chi connectivity index (χ1v) is 9.18. The third-order valence-electron chi connectivity index (χ3n) is 4.35. The van der Waals surface area contributed by atoms with Crippen molar-refractivity contribution in [2.45, 2.75) is 58.4 Å². The summed E-state index contributed by atoms with van der Waals surface area (Å²) in [6.07, 6.45) is 4.19. The maximum atomic E-state index is 12.5. The van der Waals surface area contributed by atoms with Crippen molar-refractivity contribution in [2.24, 2.45) is 16.6 Å². The smallest absolute Gasteiger partial charge is 0.247 e. The average Bonchev–Trinajstić information content (AvgIpc) is 3.02. The van der Waals surface area contributed by atoms with Gasteiger partial charge in [0.25, 0.3) is 0 Å². The molecule has 1 heterocycles. The molecule has 1 fully saturated rings. The van der Waals surface area contributed by atoms with Crippen LogP contribution in [-0.2, 0) is 16.0 Å². The molecule has 1 saturated heterocycles. The van der Waals surface area contributed by atoms with Crippen LogP contribution in [0.3, 0.4) is 0 Å². The van der Waals surface area contributed by atoms with Crippen LogP contribution in [0.1, 0.15) is 51.5 Å². The van der Waals surface area contributed by atoms with Gasteiger partial charge in [0.1, 0.15) is 5.84 Å². The molecule has 1 aromatic rings. The zero-order valence-corrected chi connectivity index (χ0v) is 15.3. The quantitative estimate of drug-likeness (QED) is 0.827. The highest BCUT2D eigenvalue weighted by Crippen LogP contribution is 2.16. The molecule has 1 atom stereocenters. The van der Waals surface area contributed by atoms with Crippen LogP contribution in [0.25, 0.3) is 0 Å². The van der Waals surface area contributed by atoms with Crippen molar-refractivity contribution in [3.8, 4) is 0 Å². The lowest BCUT2D eigenvalue weighted by Crippen LogP contribution is -2.45. The molecule has 25 heavy (non-hydrogen) atoms. The van der Waals surface area contributed by atoms with E-state index >= 15 is 0 Å².